The molecule has 0 radical (unpaired) electrons. The fourth-order valence-corrected chi connectivity index (χ4v) is 5.41. The Kier molecular flexibility index (Phi) is 5.42. The highest BCUT2D eigenvalue weighted by molar-refractivity contribution is 7.89. The molecule has 0 aliphatic heterocycles. The third-order valence-corrected chi connectivity index (χ3v) is 7.64. The molecule has 8 heteroatoms. The number of nitrogens with one attached hydrogen (secondary N) is 2. The van der Waals surface area contributed by atoms with Crippen LogP contribution in [0.25, 0.3) is 0 Å². The zero-order valence-corrected chi connectivity index (χ0v) is 19.2. The average molecular weight is 447 g/mol. The first-order valence-corrected chi connectivity index (χ1v) is 12.3. The van der Waals surface area contributed by atoms with Crippen LogP contribution >= 0.6 is 0 Å². The van der Waals surface area contributed by atoms with Crippen molar-refractivity contribution in [2.45, 2.75) is 76.4 Å². The highest BCUT2D eigenvalue weighted by Gasteiger charge is 2.34. The molecule has 1 saturated carbocycles. The number of aryl methyl sites for hydroxylation is 2. The second kappa shape index (κ2) is 7.67. The van der Waals surface area contributed by atoms with Gasteiger partial charge in [0.05, 0.1) is 11.9 Å². The maximum atomic E-state index is 12.8. The minimum absolute atomic E-state index is 0.303. The van der Waals surface area contributed by atoms with Crippen LogP contribution < -0.4 is 10.0 Å². The molecule has 4 rings (SSSR count). The number of fused-ring (bicyclic) bond motifs is 1. The number of rotatable bonds is 6. The lowest BCUT2D eigenvalue weighted by atomic mass is 9.87. The van der Waals surface area contributed by atoms with E-state index < -0.39 is 26.7 Å². The number of urea groups is 1. The van der Waals surface area contributed by atoms with Gasteiger partial charge in [0.1, 0.15) is 0 Å². The lowest BCUT2D eigenvalue weighted by Crippen LogP contribution is -2.35. The summed E-state index contributed by atoms with van der Waals surface area (Å²) in [5, 5.41) is 12.5. The number of sulfonamides is 1. The van der Waals surface area contributed by atoms with E-state index >= 15 is 0 Å². The lowest BCUT2D eigenvalue weighted by molar-refractivity contribution is 0.0779. The first-order chi connectivity index (χ1) is 14.5. The molecule has 3 N–H and O–H groups in total. The minimum Gasteiger partial charge on any atom is -0.451 e. The number of amides is 2. The maximum Gasteiger partial charge on any atom is 0.333 e. The number of carbonyl (C=O) groups is 1. The van der Waals surface area contributed by atoms with Crippen molar-refractivity contribution < 1.29 is 22.7 Å². The number of carbonyl (C=O) groups excluding carboxylic acids is 1. The number of aliphatic hydroxyl groups is 1. The van der Waals surface area contributed by atoms with E-state index in [1.165, 1.54) is 44.6 Å². The summed E-state index contributed by atoms with van der Waals surface area (Å²) < 4.78 is 32.5. The van der Waals surface area contributed by atoms with Crippen molar-refractivity contribution in [3.8, 4) is 0 Å². The van der Waals surface area contributed by atoms with Crippen molar-refractivity contribution in [2.24, 2.45) is 5.92 Å². The molecule has 1 atom stereocenters. The normalized spacial score (nSPS) is 17.3. The van der Waals surface area contributed by atoms with Gasteiger partial charge in [0, 0.05) is 17.3 Å². The molecular formula is C23H30N2O5S. The molecule has 2 aliphatic carbocycles. The molecule has 31 heavy (non-hydrogen) atoms. The summed E-state index contributed by atoms with van der Waals surface area (Å²) in [5.41, 5.74) is 4.40. The SMILES string of the molecule is Cc1cc2c(c(NC(=O)NS(=O)(=O)c3cc(C(C)(C)O)co3)c1[C@@H](C)C1CC1)CCC2. The van der Waals surface area contributed by atoms with Crippen LogP contribution in [-0.2, 0) is 28.5 Å². The van der Waals surface area contributed by atoms with Crippen LogP contribution in [0.15, 0.2) is 27.9 Å². The lowest BCUT2D eigenvalue weighted by Gasteiger charge is -2.23. The third kappa shape index (κ3) is 4.36. The van der Waals surface area contributed by atoms with Crippen LogP contribution in [-0.4, -0.2) is 19.6 Å². The summed E-state index contributed by atoms with van der Waals surface area (Å²) in [4.78, 5) is 12.8. The largest absolute Gasteiger partial charge is 0.451 e. The topological polar surface area (TPSA) is 109 Å². The third-order valence-electron chi connectivity index (χ3n) is 6.44. The summed E-state index contributed by atoms with van der Waals surface area (Å²) in [6.45, 7) is 7.29. The van der Waals surface area contributed by atoms with Crippen LogP contribution in [0.5, 0.6) is 0 Å². The van der Waals surface area contributed by atoms with Crippen LogP contribution in [0.3, 0.4) is 0 Å². The summed E-state index contributed by atoms with van der Waals surface area (Å²) >= 11 is 0. The van der Waals surface area contributed by atoms with Crippen LogP contribution in [0.1, 0.15) is 73.8 Å². The molecule has 168 valence electrons. The van der Waals surface area contributed by atoms with Gasteiger partial charge in [-0.2, -0.15) is 8.42 Å². The van der Waals surface area contributed by atoms with Gasteiger partial charge in [-0.15, -0.1) is 0 Å². The molecular weight excluding hydrogens is 416 g/mol. The van der Waals surface area contributed by atoms with Gasteiger partial charge in [0.25, 0.3) is 10.0 Å². The Balaban J connectivity index is 1.61. The molecule has 1 fully saturated rings. The molecule has 1 aromatic carbocycles. The molecule has 2 aromatic rings. The van der Waals surface area contributed by atoms with Crippen LogP contribution in [0.4, 0.5) is 10.5 Å². The molecule has 7 nitrogen and oxygen atoms in total. The van der Waals surface area contributed by atoms with E-state index in [2.05, 4.69) is 30.0 Å². The Morgan fingerprint density at radius 1 is 1.26 bits per heavy atom. The second-order valence-electron chi connectivity index (χ2n) is 9.37. The summed E-state index contributed by atoms with van der Waals surface area (Å²) in [6, 6.07) is 2.63. The molecule has 0 bridgehead atoms. The van der Waals surface area contributed by atoms with Gasteiger partial charge < -0.3 is 14.8 Å². The van der Waals surface area contributed by atoms with Crippen LogP contribution in [0.2, 0.25) is 0 Å². The number of hydrogen-bond donors (Lipinski definition) is 3. The monoisotopic (exact) mass is 446 g/mol. The standard InChI is InChI=1S/C23H30N2O5S/c1-13-10-16-6-5-7-18(16)21(20(13)14(2)15-8-9-15)24-22(26)25-31(28,29)19-11-17(12-30-19)23(3,4)27/h10-12,14-15,27H,5-9H2,1-4H3,(H2,24,25,26)/t14-/m0/s1. The predicted octanol–water partition coefficient (Wildman–Crippen LogP) is 4.33. The Morgan fingerprint density at radius 3 is 2.58 bits per heavy atom. The first kappa shape index (κ1) is 21.9. The van der Waals surface area contributed by atoms with Gasteiger partial charge in [-0.3, -0.25) is 0 Å². The van der Waals surface area contributed by atoms with Crippen molar-refractivity contribution in [1.29, 1.82) is 0 Å². The minimum atomic E-state index is -4.22. The molecule has 0 spiro atoms. The predicted molar refractivity (Wildman–Crippen MR) is 118 cm³/mol. The number of benzene rings is 1. The van der Waals surface area contributed by atoms with Crippen molar-refractivity contribution in [2.75, 3.05) is 5.32 Å². The van der Waals surface area contributed by atoms with Gasteiger partial charge in [-0.1, -0.05) is 13.0 Å². The highest BCUT2D eigenvalue weighted by Crippen LogP contribution is 2.47. The quantitative estimate of drug-likeness (QED) is 0.612. The summed E-state index contributed by atoms with van der Waals surface area (Å²) in [5.74, 6) is 0.908. The number of hydrogen-bond acceptors (Lipinski definition) is 5. The van der Waals surface area contributed by atoms with Crippen molar-refractivity contribution >= 4 is 21.7 Å². The van der Waals surface area contributed by atoms with Gasteiger partial charge >= 0.3 is 6.03 Å². The maximum absolute atomic E-state index is 12.8. The van der Waals surface area contributed by atoms with E-state index in [4.69, 9.17) is 4.42 Å². The van der Waals surface area contributed by atoms with Gasteiger partial charge in [0.2, 0.25) is 5.09 Å². The fourth-order valence-electron chi connectivity index (χ4n) is 4.56. The van der Waals surface area contributed by atoms with E-state index in [0.29, 0.717) is 17.4 Å². The highest BCUT2D eigenvalue weighted by atomic mass is 32.2. The Bertz CT molecular complexity index is 1120. The van der Waals surface area contributed by atoms with Gasteiger partial charge in [-0.25, -0.2) is 9.52 Å². The van der Waals surface area contributed by atoms with E-state index in [1.807, 2.05) is 0 Å². The fraction of sp³-hybridized carbons (Fsp3) is 0.522. The molecule has 2 aliphatic rings. The van der Waals surface area contributed by atoms with E-state index in [1.54, 1.807) is 0 Å². The van der Waals surface area contributed by atoms with Gasteiger partial charge in [-0.05, 0) is 87.0 Å². The Labute approximate surface area is 183 Å². The summed E-state index contributed by atoms with van der Waals surface area (Å²) in [7, 11) is -4.22. The van der Waals surface area contributed by atoms with E-state index in [9.17, 15) is 18.3 Å². The first-order valence-electron chi connectivity index (χ1n) is 10.8. The molecule has 0 unspecified atom stereocenters. The van der Waals surface area contributed by atoms with Crippen molar-refractivity contribution in [1.82, 2.24) is 4.72 Å². The Morgan fingerprint density at radius 2 is 1.97 bits per heavy atom. The van der Waals surface area contributed by atoms with E-state index in [0.717, 1.165) is 41.6 Å². The molecule has 2 amide bonds. The molecule has 1 heterocycles. The number of furan rings is 1. The van der Waals surface area contributed by atoms with Crippen molar-refractivity contribution in [3.63, 3.8) is 0 Å². The zero-order chi connectivity index (χ0) is 22.6. The zero-order valence-electron chi connectivity index (χ0n) is 18.4. The summed E-state index contributed by atoms with van der Waals surface area (Å²) in [6.07, 6.45) is 6.40. The van der Waals surface area contributed by atoms with Gasteiger partial charge in [0.15, 0.2) is 0 Å². The molecule has 1 aromatic heterocycles. The number of anilines is 1. The smallest absolute Gasteiger partial charge is 0.333 e. The average Bonchev–Trinajstić information content (AvgIpc) is 3.17. The second-order valence-corrected chi connectivity index (χ2v) is 11.0. The Hall–Kier alpha value is -2.32. The molecule has 0 saturated heterocycles. The van der Waals surface area contributed by atoms with Crippen molar-refractivity contribution in [3.05, 3.63) is 46.2 Å². The van der Waals surface area contributed by atoms with Crippen LogP contribution in [0, 0.1) is 12.8 Å². The van der Waals surface area contributed by atoms with E-state index in [-0.39, 0.29) is 0 Å².